The molecule has 116 valence electrons. The average Bonchev–Trinajstić information content (AvgIpc) is 2.41. The molecule has 0 bridgehead atoms. The maximum atomic E-state index is 11.9. The highest BCUT2D eigenvalue weighted by atomic mass is 16.5. The highest BCUT2D eigenvalue weighted by Crippen LogP contribution is 2.31. The van der Waals surface area contributed by atoms with Crippen LogP contribution in [0, 0.1) is 5.92 Å². The van der Waals surface area contributed by atoms with Gasteiger partial charge in [0, 0.05) is 19.1 Å². The predicted molar refractivity (Wildman–Crippen MR) is 80.7 cm³/mol. The van der Waals surface area contributed by atoms with Crippen molar-refractivity contribution in [3.63, 3.8) is 0 Å². The first kappa shape index (κ1) is 15.8. The van der Waals surface area contributed by atoms with Crippen LogP contribution in [0.2, 0.25) is 0 Å². The first-order valence-electron chi connectivity index (χ1n) is 8.08. The number of rotatable bonds is 4. The van der Waals surface area contributed by atoms with Gasteiger partial charge in [0.25, 0.3) is 0 Å². The summed E-state index contributed by atoms with van der Waals surface area (Å²) in [4.78, 5) is 16.4. The van der Waals surface area contributed by atoms with E-state index in [9.17, 15) is 4.79 Å². The van der Waals surface area contributed by atoms with E-state index in [4.69, 9.17) is 4.74 Å². The van der Waals surface area contributed by atoms with Crippen molar-refractivity contribution in [3.8, 4) is 0 Å². The zero-order chi connectivity index (χ0) is 14.8. The number of carbonyl (C=O) groups excluding carboxylic acids is 1. The number of carbonyl (C=O) groups is 1. The highest BCUT2D eigenvalue weighted by Gasteiger charge is 2.42. The molecule has 0 unspecified atom stereocenters. The molecule has 0 atom stereocenters. The topological polar surface area (TPSA) is 32.8 Å². The van der Waals surface area contributed by atoms with Crippen LogP contribution < -0.4 is 0 Å². The lowest BCUT2D eigenvalue weighted by molar-refractivity contribution is -0.174. The second-order valence-corrected chi connectivity index (χ2v) is 7.11. The number of hydrogen-bond acceptors (Lipinski definition) is 3. The van der Waals surface area contributed by atoms with Crippen LogP contribution in [0.3, 0.4) is 0 Å². The lowest BCUT2D eigenvalue weighted by atomic mass is 9.88. The molecule has 0 aromatic heterocycles. The molecule has 4 nitrogen and oxygen atoms in total. The molecule has 2 fully saturated rings. The summed E-state index contributed by atoms with van der Waals surface area (Å²) in [5, 5.41) is 0. The molecule has 2 aliphatic rings. The third-order valence-corrected chi connectivity index (χ3v) is 4.69. The fourth-order valence-corrected chi connectivity index (χ4v) is 3.14. The van der Waals surface area contributed by atoms with E-state index in [1.807, 2.05) is 4.90 Å². The van der Waals surface area contributed by atoms with E-state index < -0.39 is 0 Å². The minimum Gasteiger partial charge on any atom is -0.363 e. The molecular formula is C16H30N2O2. The molecule has 1 spiro atoms. The van der Waals surface area contributed by atoms with Crippen molar-refractivity contribution in [3.05, 3.63) is 0 Å². The Balaban J connectivity index is 1.87. The fraction of sp³-hybridized carbons (Fsp3) is 0.938. The van der Waals surface area contributed by atoms with Crippen LogP contribution >= 0.6 is 0 Å². The Labute approximate surface area is 123 Å². The number of likely N-dealkylation sites (tertiary alicyclic amines) is 1. The van der Waals surface area contributed by atoms with Crippen LogP contribution in [0.15, 0.2) is 0 Å². The van der Waals surface area contributed by atoms with Gasteiger partial charge in [-0.15, -0.1) is 0 Å². The molecule has 0 aliphatic carbocycles. The Hall–Kier alpha value is -0.610. The van der Waals surface area contributed by atoms with Gasteiger partial charge < -0.3 is 14.5 Å². The SMILES string of the molecule is CC(C)CCN1CCC2(CC1)CN(C(C)C)C(=O)CO2. The molecule has 0 aromatic carbocycles. The molecule has 2 rings (SSSR count). The monoisotopic (exact) mass is 282 g/mol. The van der Waals surface area contributed by atoms with Crippen LogP contribution in [-0.2, 0) is 9.53 Å². The molecule has 2 heterocycles. The smallest absolute Gasteiger partial charge is 0.248 e. The van der Waals surface area contributed by atoms with Gasteiger partial charge in [-0.3, -0.25) is 4.79 Å². The van der Waals surface area contributed by atoms with Crippen LogP contribution in [-0.4, -0.2) is 60.1 Å². The predicted octanol–water partition coefficient (Wildman–Crippen LogP) is 2.13. The Morgan fingerprint density at radius 2 is 1.85 bits per heavy atom. The van der Waals surface area contributed by atoms with Gasteiger partial charge in [-0.25, -0.2) is 0 Å². The van der Waals surface area contributed by atoms with Crippen molar-refractivity contribution in [1.82, 2.24) is 9.80 Å². The molecule has 2 aliphatic heterocycles. The van der Waals surface area contributed by atoms with E-state index in [-0.39, 0.29) is 24.2 Å². The van der Waals surface area contributed by atoms with Crippen LogP contribution in [0.1, 0.15) is 47.0 Å². The van der Waals surface area contributed by atoms with Crippen LogP contribution in [0.4, 0.5) is 0 Å². The molecule has 0 radical (unpaired) electrons. The number of morpholine rings is 1. The Morgan fingerprint density at radius 3 is 2.40 bits per heavy atom. The fourth-order valence-electron chi connectivity index (χ4n) is 3.14. The third-order valence-electron chi connectivity index (χ3n) is 4.69. The molecule has 20 heavy (non-hydrogen) atoms. The second-order valence-electron chi connectivity index (χ2n) is 7.11. The maximum Gasteiger partial charge on any atom is 0.248 e. The number of piperidine rings is 1. The molecule has 4 heteroatoms. The molecular weight excluding hydrogens is 252 g/mol. The minimum atomic E-state index is -0.0769. The molecule has 0 aromatic rings. The summed E-state index contributed by atoms with van der Waals surface area (Å²) in [7, 11) is 0. The summed E-state index contributed by atoms with van der Waals surface area (Å²) < 4.78 is 5.96. The number of amides is 1. The van der Waals surface area contributed by atoms with Crippen molar-refractivity contribution in [2.75, 3.05) is 32.8 Å². The first-order chi connectivity index (χ1) is 9.42. The Kier molecular flexibility index (Phi) is 5.08. The first-order valence-corrected chi connectivity index (χ1v) is 8.08. The normalized spacial score (nSPS) is 24.1. The summed E-state index contributed by atoms with van der Waals surface area (Å²) in [5.74, 6) is 0.915. The summed E-state index contributed by atoms with van der Waals surface area (Å²) in [6.45, 7) is 13.2. The van der Waals surface area contributed by atoms with Gasteiger partial charge in [0.2, 0.25) is 5.91 Å². The van der Waals surface area contributed by atoms with Gasteiger partial charge in [0.15, 0.2) is 0 Å². The van der Waals surface area contributed by atoms with Gasteiger partial charge in [-0.1, -0.05) is 13.8 Å². The van der Waals surface area contributed by atoms with Gasteiger partial charge >= 0.3 is 0 Å². The zero-order valence-electron chi connectivity index (χ0n) is 13.5. The van der Waals surface area contributed by atoms with Crippen molar-refractivity contribution in [2.45, 2.75) is 58.6 Å². The van der Waals surface area contributed by atoms with Gasteiger partial charge in [-0.2, -0.15) is 0 Å². The van der Waals surface area contributed by atoms with E-state index in [0.29, 0.717) is 0 Å². The number of hydrogen-bond donors (Lipinski definition) is 0. The maximum absolute atomic E-state index is 11.9. The van der Waals surface area contributed by atoms with Crippen LogP contribution in [0.25, 0.3) is 0 Å². The highest BCUT2D eigenvalue weighted by molar-refractivity contribution is 5.78. The van der Waals surface area contributed by atoms with E-state index >= 15 is 0 Å². The summed E-state index contributed by atoms with van der Waals surface area (Å²) >= 11 is 0. The van der Waals surface area contributed by atoms with E-state index in [1.165, 1.54) is 13.0 Å². The standard InChI is InChI=1S/C16H30N2O2/c1-13(2)5-8-17-9-6-16(7-10-17)12-18(14(3)4)15(19)11-20-16/h13-14H,5-12H2,1-4H3. The number of nitrogens with zero attached hydrogens (tertiary/aromatic N) is 2. The van der Waals surface area contributed by atoms with E-state index in [0.717, 1.165) is 38.4 Å². The van der Waals surface area contributed by atoms with E-state index in [1.54, 1.807) is 0 Å². The Morgan fingerprint density at radius 1 is 1.20 bits per heavy atom. The lowest BCUT2D eigenvalue weighted by Crippen LogP contribution is -2.60. The molecule has 0 N–H and O–H groups in total. The number of ether oxygens (including phenoxy) is 1. The lowest BCUT2D eigenvalue weighted by Gasteiger charge is -2.48. The van der Waals surface area contributed by atoms with Gasteiger partial charge in [0.1, 0.15) is 6.61 Å². The van der Waals surface area contributed by atoms with Gasteiger partial charge in [0.05, 0.1) is 12.1 Å². The molecule has 1 amide bonds. The van der Waals surface area contributed by atoms with Crippen molar-refractivity contribution in [1.29, 1.82) is 0 Å². The van der Waals surface area contributed by atoms with Crippen molar-refractivity contribution in [2.24, 2.45) is 5.92 Å². The second kappa shape index (κ2) is 6.44. The summed E-state index contributed by atoms with van der Waals surface area (Å²) in [6.07, 6.45) is 3.38. The Bertz CT molecular complexity index is 333. The summed E-state index contributed by atoms with van der Waals surface area (Å²) in [6, 6.07) is 0.280. The quantitative estimate of drug-likeness (QED) is 0.792. The molecule has 0 saturated carbocycles. The molecule has 2 saturated heterocycles. The van der Waals surface area contributed by atoms with Crippen LogP contribution in [0.5, 0.6) is 0 Å². The zero-order valence-corrected chi connectivity index (χ0v) is 13.5. The van der Waals surface area contributed by atoms with Crippen molar-refractivity contribution >= 4 is 5.91 Å². The largest absolute Gasteiger partial charge is 0.363 e. The van der Waals surface area contributed by atoms with Crippen molar-refractivity contribution < 1.29 is 9.53 Å². The summed E-state index contributed by atoms with van der Waals surface area (Å²) in [5.41, 5.74) is -0.0769. The van der Waals surface area contributed by atoms with Gasteiger partial charge in [-0.05, 0) is 45.6 Å². The average molecular weight is 282 g/mol. The minimum absolute atomic E-state index is 0.0769. The third kappa shape index (κ3) is 3.73. The van der Waals surface area contributed by atoms with E-state index in [2.05, 4.69) is 32.6 Å².